The Morgan fingerprint density at radius 2 is 1.90 bits per heavy atom. The zero-order valence-corrected chi connectivity index (χ0v) is 14.0. The molecule has 2 atom stereocenters. The van der Waals surface area contributed by atoms with Gasteiger partial charge in [-0.25, -0.2) is 0 Å². The highest BCUT2D eigenvalue weighted by atomic mass is 16.5. The molecule has 1 fully saturated rings. The Morgan fingerprint density at radius 1 is 1.24 bits per heavy atom. The maximum atomic E-state index is 5.75. The summed E-state index contributed by atoms with van der Waals surface area (Å²) in [5.74, 6) is 0. The first-order chi connectivity index (χ1) is 9.82. The Balaban J connectivity index is 1.77. The largest absolute Gasteiger partial charge is 0.373 e. The summed E-state index contributed by atoms with van der Waals surface area (Å²) in [6.07, 6.45) is 2.67. The van der Waals surface area contributed by atoms with Crippen molar-refractivity contribution in [1.29, 1.82) is 0 Å². The molecule has 0 bridgehead atoms. The lowest BCUT2D eigenvalue weighted by molar-refractivity contribution is -0.0687. The molecule has 0 saturated carbocycles. The maximum Gasteiger partial charge on any atom is 0.0965 e. The van der Waals surface area contributed by atoms with Gasteiger partial charge in [0, 0.05) is 37.9 Å². The first-order valence-corrected chi connectivity index (χ1v) is 7.84. The summed E-state index contributed by atoms with van der Waals surface area (Å²) in [4.78, 5) is 2.44. The molecule has 1 saturated heterocycles. The fraction of sp³-hybridized carbons (Fsp3) is 0.867. The molecule has 0 aliphatic carbocycles. The topological polar surface area (TPSA) is 55.2 Å². The van der Waals surface area contributed by atoms with E-state index in [0.29, 0.717) is 12.2 Å². The minimum atomic E-state index is 0.101. The third kappa shape index (κ3) is 5.73. The molecule has 0 spiro atoms. The number of hydrogen-bond donors (Lipinski definition) is 1. The summed E-state index contributed by atoms with van der Waals surface area (Å²) in [5, 5.41) is 11.9. The van der Waals surface area contributed by atoms with Gasteiger partial charge in [-0.15, -0.1) is 5.10 Å². The standard InChI is InChI=1S/C15H29N5O/c1-12-9-19(10-13(2)21-12)6-7-20-11-14(17-18-20)8-16-15(3,4)5/h11-13,16H,6-10H2,1-5H3/t12-,13+. The quantitative estimate of drug-likeness (QED) is 0.887. The Labute approximate surface area is 127 Å². The van der Waals surface area contributed by atoms with Crippen LogP contribution in [-0.4, -0.2) is 57.3 Å². The third-order valence-electron chi connectivity index (χ3n) is 3.53. The van der Waals surface area contributed by atoms with Crippen molar-refractivity contribution in [2.75, 3.05) is 19.6 Å². The van der Waals surface area contributed by atoms with Crippen LogP contribution in [0.1, 0.15) is 40.3 Å². The monoisotopic (exact) mass is 295 g/mol. The molecule has 6 nitrogen and oxygen atoms in total. The number of nitrogens with zero attached hydrogens (tertiary/aromatic N) is 4. The number of ether oxygens (including phenoxy) is 1. The number of nitrogens with one attached hydrogen (secondary N) is 1. The maximum absolute atomic E-state index is 5.75. The Kier molecular flexibility index (Phi) is 5.35. The lowest BCUT2D eigenvalue weighted by Crippen LogP contribution is -2.46. The van der Waals surface area contributed by atoms with Crippen LogP contribution in [-0.2, 0) is 17.8 Å². The second kappa shape index (κ2) is 6.85. The molecule has 0 aromatic carbocycles. The fourth-order valence-electron chi connectivity index (χ4n) is 2.60. The van der Waals surface area contributed by atoms with Crippen LogP contribution in [0.15, 0.2) is 6.20 Å². The Morgan fingerprint density at radius 3 is 2.52 bits per heavy atom. The first-order valence-electron chi connectivity index (χ1n) is 7.84. The van der Waals surface area contributed by atoms with E-state index in [4.69, 9.17) is 4.74 Å². The van der Waals surface area contributed by atoms with E-state index in [-0.39, 0.29) is 5.54 Å². The fourth-order valence-corrected chi connectivity index (χ4v) is 2.60. The normalized spacial score (nSPS) is 24.4. The highest BCUT2D eigenvalue weighted by Gasteiger charge is 2.21. The minimum absolute atomic E-state index is 0.101. The van der Waals surface area contributed by atoms with Crippen molar-refractivity contribution >= 4 is 0 Å². The summed E-state index contributed by atoms with van der Waals surface area (Å²) >= 11 is 0. The second-order valence-corrected chi connectivity index (χ2v) is 7.09. The number of morpholine rings is 1. The second-order valence-electron chi connectivity index (χ2n) is 7.09. The summed E-state index contributed by atoms with van der Waals surface area (Å²) in [6, 6.07) is 0. The molecular formula is C15H29N5O. The molecule has 120 valence electrons. The van der Waals surface area contributed by atoms with E-state index in [1.54, 1.807) is 0 Å². The Hall–Kier alpha value is -0.980. The molecule has 2 rings (SSSR count). The van der Waals surface area contributed by atoms with Crippen LogP contribution in [0.3, 0.4) is 0 Å². The predicted molar refractivity (Wildman–Crippen MR) is 83.1 cm³/mol. The number of aromatic nitrogens is 3. The van der Waals surface area contributed by atoms with Gasteiger partial charge < -0.3 is 10.1 Å². The van der Waals surface area contributed by atoms with Gasteiger partial charge in [-0.1, -0.05) is 5.21 Å². The van der Waals surface area contributed by atoms with E-state index in [0.717, 1.165) is 38.4 Å². The molecule has 1 aliphatic heterocycles. The molecule has 1 aromatic heterocycles. The lowest BCUT2D eigenvalue weighted by Gasteiger charge is -2.35. The van der Waals surface area contributed by atoms with E-state index in [2.05, 4.69) is 55.1 Å². The van der Waals surface area contributed by atoms with Crippen LogP contribution in [0, 0.1) is 0 Å². The summed E-state index contributed by atoms with van der Waals surface area (Å²) in [7, 11) is 0. The lowest BCUT2D eigenvalue weighted by atomic mass is 10.1. The van der Waals surface area contributed by atoms with Gasteiger partial charge in [-0.05, 0) is 34.6 Å². The molecule has 0 radical (unpaired) electrons. The van der Waals surface area contributed by atoms with Gasteiger partial charge in [0.25, 0.3) is 0 Å². The van der Waals surface area contributed by atoms with Crippen molar-refractivity contribution in [3.63, 3.8) is 0 Å². The zero-order valence-electron chi connectivity index (χ0n) is 14.0. The SMILES string of the molecule is C[C@@H]1CN(CCn2cc(CNC(C)(C)C)nn2)C[C@H](C)O1. The first kappa shape index (κ1) is 16.4. The van der Waals surface area contributed by atoms with E-state index < -0.39 is 0 Å². The van der Waals surface area contributed by atoms with Crippen LogP contribution in [0.2, 0.25) is 0 Å². The van der Waals surface area contributed by atoms with Gasteiger partial charge in [0.2, 0.25) is 0 Å². The van der Waals surface area contributed by atoms with Gasteiger partial charge in [-0.2, -0.15) is 0 Å². The van der Waals surface area contributed by atoms with Gasteiger partial charge in [0.15, 0.2) is 0 Å². The zero-order chi connectivity index (χ0) is 15.5. The van der Waals surface area contributed by atoms with Crippen LogP contribution < -0.4 is 5.32 Å². The highest BCUT2D eigenvalue weighted by Crippen LogP contribution is 2.10. The molecule has 0 unspecified atom stereocenters. The summed E-state index contributed by atoms with van der Waals surface area (Å²) < 4.78 is 7.69. The van der Waals surface area contributed by atoms with E-state index in [1.165, 1.54) is 0 Å². The van der Waals surface area contributed by atoms with Gasteiger partial charge in [-0.3, -0.25) is 9.58 Å². The van der Waals surface area contributed by atoms with E-state index in [1.807, 2.05) is 10.9 Å². The highest BCUT2D eigenvalue weighted by molar-refractivity contribution is 4.93. The smallest absolute Gasteiger partial charge is 0.0965 e. The summed E-state index contributed by atoms with van der Waals surface area (Å²) in [5.41, 5.74) is 1.10. The van der Waals surface area contributed by atoms with Crippen LogP contribution in [0.4, 0.5) is 0 Å². The molecule has 0 amide bonds. The van der Waals surface area contributed by atoms with Gasteiger partial charge >= 0.3 is 0 Å². The van der Waals surface area contributed by atoms with Crippen molar-refractivity contribution in [1.82, 2.24) is 25.2 Å². The third-order valence-corrected chi connectivity index (χ3v) is 3.53. The average molecular weight is 295 g/mol. The molecule has 1 aliphatic rings. The van der Waals surface area contributed by atoms with E-state index >= 15 is 0 Å². The summed E-state index contributed by atoms with van der Waals surface area (Å²) in [6.45, 7) is 15.3. The molecule has 2 heterocycles. The predicted octanol–water partition coefficient (Wildman–Crippen LogP) is 1.28. The van der Waals surface area contributed by atoms with Crippen molar-refractivity contribution in [2.24, 2.45) is 0 Å². The van der Waals surface area contributed by atoms with Crippen molar-refractivity contribution in [3.8, 4) is 0 Å². The molecule has 21 heavy (non-hydrogen) atoms. The number of hydrogen-bond acceptors (Lipinski definition) is 5. The average Bonchev–Trinajstić information content (AvgIpc) is 2.80. The van der Waals surface area contributed by atoms with Crippen LogP contribution in [0.25, 0.3) is 0 Å². The van der Waals surface area contributed by atoms with Crippen LogP contribution in [0.5, 0.6) is 0 Å². The molecule has 1 aromatic rings. The van der Waals surface area contributed by atoms with E-state index in [9.17, 15) is 0 Å². The van der Waals surface area contributed by atoms with Gasteiger partial charge in [0.1, 0.15) is 0 Å². The van der Waals surface area contributed by atoms with Crippen molar-refractivity contribution in [2.45, 2.75) is 65.5 Å². The molecular weight excluding hydrogens is 266 g/mol. The van der Waals surface area contributed by atoms with Crippen molar-refractivity contribution in [3.05, 3.63) is 11.9 Å². The van der Waals surface area contributed by atoms with Crippen molar-refractivity contribution < 1.29 is 4.74 Å². The molecule has 1 N–H and O–H groups in total. The number of rotatable bonds is 5. The molecule has 6 heteroatoms. The Bertz CT molecular complexity index is 430. The van der Waals surface area contributed by atoms with Crippen LogP contribution >= 0.6 is 0 Å². The minimum Gasteiger partial charge on any atom is -0.373 e. The van der Waals surface area contributed by atoms with Gasteiger partial charge in [0.05, 0.1) is 24.4 Å².